The summed E-state index contributed by atoms with van der Waals surface area (Å²) >= 11 is 0. The number of carbonyl (C=O) groups is 3. The number of anilines is 1. The molecule has 5 aromatic rings. The molecule has 7 rings (SSSR count). The van der Waals surface area contributed by atoms with Crippen molar-refractivity contribution >= 4 is 23.5 Å². The van der Waals surface area contributed by atoms with E-state index < -0.39 is 41.8 Å². The van der Waals surface area contributed by atoms with Crippen molar-refractivity contribution in [3.63, 3.8) is 0 Å². The summed E-state index contributed by atoms with van der Waals surface area (Å²) in [4.78, 5) is 39.5. The Morgan fingerprint density at radius 3 is 2.26 bits per heavy atom. The Morgan fingerprint density at radius 1 is 0.914 bits per heavy atom. The van der Waals surface area contributed by atoms with Gasteiger partial charge in [-0.3, -0.25) is 9.59 Å². The summed E-state index contributed by atoms with van der Waals surface area (Å²) in [6, 6.07) is 29.2. The minimum Gasteiger partial charge on any atom is -0.496 e. The zero-order valence-corrected chi connectivity index (χ0v) is 31.3. The van der Waals surface area contributed by atoms with Crippen molar-refractivity contribution in [2.24, 2.45) is 0 Å². The molecule has 2 amide bonds. The lowest BCUT2D eigenvalue weighted by Crippen LogP contribution is -2.53. The number of carbonyl (C=O) groups excluding carboxylic acids is 3. The van der Waals surface area contributed by atoms with Gasteiger partial charge >= 0.3 is 12.1 Å². The monoisotopic (exact) mass is 790 g/mol. The van der Waals surface area contributed by atoms with Crippen LogP contribution in [0.5, 0.6) is 17.2 Å². The molecule has 14 heteroatoms. The van der Waals surface area contributed by atoms with Crippen LogP contribution >= 0.6 is 0 Å². The van der Waals surface area contributed by atoms with Crippen LogP contribution in [0.25, 0.3) is 11.1 Å². The number of nitrogens with one attached hydrogen (secondary N) is 3. The Bertz CT molecular complexity index is 2380. The first-order valence-corrected chi connectivity index (χ1v) is 18.2. The van der Waals surface area contributed by atoms with Crippen LogP contribution in [-0.2, 0) is 51.3 Å². The first-order chi connectivity index (χ1) is 27.9. The van der Waals surface area contributed by atoms with Crippen LogP contribution in [0, 0.1) is 11.3 Å². The van der Waals surface area contributed by atoms with E-state index in [1.54, 1.807) is 42.5 Å². The van der Waals surface area contributed by atoms with Gasteiger partial charge in [0.2, 0.25) is 12.0 Å². The molecule has 58 heavy (non-hydrogen) atoms. The van der Waals surface area contributed by atoms with Gasteiger partial charge in [-0.15, -0.1) is 0 Å². The first-order valence-electron chi connectivity index (χ1n) is 18.2. The van der Waals surface area contributed by atoms with Gasteiger partial charge in [0.15, 0.2) is 0 Å². The van der Waals surface area contributed by atoms with Crippen LogP contribution in [0.1, 0.15) is 45.0 Å². The van der Waals surface area contributed by atoms with Gasteiger partial charge in [0.1, 0.15) is 29.9 Å². The van der Waals surface area contributed by atoms with E-state index in [9.17, 15) is 27.6 Å². The molecule has 0 fully saturated rings. The molecule has 11 nitrogen and oxygen atoms in total. The molecule has 3 atom stereocenters. The Labute approximate surface area is 331 Å². The maximum atomic E-state index is 13.5. The lowest BCUT2D eigenvalue weighted by molar-refractivity contribution is -0.145. The average Bonchev–Trinajstić information content (AvgIpc) is 3.24. The zero-order valence-electron chi connectivity index (χ0n) is 31.3. The van der Waals surface area contributed by atoms with E-state index in [0.717, 1.165) is 33.9 Å². The van der Waals surface area contributed by atoms with E-state index in [-0.39, 0.29) is 31.1 Å². The zero-order chi connectivity index (χ0) is 41.0. The van der Waals surface area contributed by atoms with E-state index >= 15 is 0 Å². The highest BCUT2D eigenvalue weighted by molar-refractivity contribution is 5.98. The Balaban J connectivity index is 0.963. The highest BCUT2D eigenvalue weighted by Crippen LogP contribution is 2.39. The van der Waals surface area contributed by atoms with Gasteiger partial charge in [-0.1, -0.05) is 54.6 Å². The minimum absolute atomic E-state index is 0.120. The molecule has 3 unspecified atom stereocenters. The smallest absolute Gasteiger partial charge is 0.419 e. The normalized spacial score (nSPS) is 16.3. The molecule has 0 spiro atoms. The van der Waals surface area contributed by atoms with Gasteiger partial charge in [0, 0.05) is 18.5 Å². The maximum absolute atomic E-state index is 13.5. The number of benzene rings is 5. The summed E-state index contributed by atoms with van der Waals surface area (Å²) < 4.78 is 62.0. The summed E-state index contributed by atoms with van der Waals surface area (Å²) in [6.45, 7) is 0.206. The third kappa shape index (κ3) is 8.75. The van der Waals surface area contributed by atoms with Gasteiger partial charge in [0.05, 0.1) is 43.1 Å². The second-order valence-corrected chi connectivity index (χ2v) is 13.8. The van der Waals surface area contributed by atoms with Gasteiger partial charge in [-0.05, 0) is 88.3 Å². The third-order valence-electron chi connectivity index (χ3n) is 10.0. The summed E-state index contributed by atoms with van der Waals surface area (Å²) in [6.07, 6.45) is -5.07. The fourth-order valence-corrected chi connectivity index (χ4v) is 6.91. The molecule has 296 valence electrons. The summed E-state index contributed by atoms with van der Waals surface area (Å²) in [7, 11) is 2.44. The summed E-state index contributed by atoms with van der Waals surface area (Å²) in [5.41, 5.74) is 5.37. The molecule has 0 radical (unpaired) electrons. The fraction of sp³-hybridized carbons (Fsp3) is 0.227. The highest BCUT2D eigenvalue weighted by atomic mass is 19.4. The van der Waals surface area contributed by atoms with Gasteiger partial charge in [-0.2, -0.15) is 18.4 Å². The standard InChI is InChI=1S/C44H37F3N4O7/c1-55-38-16-7-27(17-34(38)44(45,46)47)24-57-33-14-12-30(13-15-33)40-42(53)50-35-19-31-20-36(49-23-32(31)21-39(35)58-40)41(52)51-37(43(54)56-2)18-25-3-8-28(9-4-25)29-10-5-26(22-48)6-11-29/h3-17,19,21,36-37,40,49H,18,20,23-24H2,1-2H3,(H,50,53)(H,51,52). The lowest BCUT2D eigenvalue weighted by atomic mass is 9.93. The molecular weight excluding hydrogens is 753 g/mol. The molecular formula is C44H37F3N4O7. The molecule has 5 aromatic carbocycles. The van der Waals surface area contributed by atoms with Crippen LogP contribution in [0.4, 0.5) is 18.9 Å². The SMILES string of the molecule is COC(=O)C(Cc1ccc(-c2ccc(C#N)cc2)cc1)NC(=O)C1Cc2cc3c(cc2CN1)OC(c1ccc(OCc2ccc(OC)c(C(F)(F)F)c2)cc1)C(=O)N3. The Hall–Kier alpha value is -6.85. The first kappa shape index (κ1) is 39.4. The molecule has 0 saturated heterocycles. The van der Waals surface area contributed by atoms with Crippen molar-refractivity contribution in [1.29, 1.82) is 5.26 Å². The van der Waals surface area contributed by atoms with E-state index in [1.807, 2.05) is 42.5 Å². The molecule has 2 aliphatic rings. The number of nitrogens with zero attached hydrogens (tertiary/aromatic N) is 1. The summed E-state index contributed by atoms with van der Waals surface area (Å²) in [5.74, 6) is -0.813. The van der Waals surface area contributed by atoms with E-state index in [0.29, 0.717) is 40.4 Å². The molecule has 0 saturated carbocycles. The molecule has 3 N–H and O–H groups in total. The quantitative estimate of drug-likeness (QED) is 0.123. The predicted molar refractivity (Wildman–Crippen MR) is 206 cm³/mol. The largest absolute Gasteiger partial charge is 0.496 e. The van der Waals surface area contributed by atoms with Crippen LogP contribution in [0.15, 0.2) is 103 Å². The third-order valence-corrected chi connectivity index (χ3v) is 10.0. The lowest BCUT2D eigenvalue weighted by Gasteiger charge is -2.31. The number of alkyl halides is 3. The van der Waals surface area contributed by atoms with Crippen molar-refractivity contribution < 1.29 is 46.5 Å². The van der Waals surface area contributed by atoms with Gasteiger partial charge in [-0.25, -0.2) is 4.79 Å². The number of ether oxygens (including phenoxy) is 4. The molecule has 2 aliphatic heterocycles. The second-order valence-electron chi connectivity index (χ2n) is 13.8. The Morgan fingerprint density at radius 2 is 1.60 bits per heavy atom. The number of esters is 1. The van der Waals surface area contributed by atoms with E-state index in [1.165, 1.54) is 26.4 Å². The van der Waals surface area contributed by atoms with Crippen molar-refractivity contribution in [1.82, 2.24) is 10.6 Å². The number of methoxy groups -OCH3 is 2. The van der Waals surface area contributed by atoms with E-state index in [4.69, 9.17) is 24.2 Å². The van der Waals surface area contributed by atoms with Gasteiger partial charge < -0.3 is 34.9 Å². The molecule has 0 aromatic heterocycles. The highest BCUT2D eigenvalue weighted by Gasteiger charge is 2.35. The predicted octanol–water partition coefficient (Wildman–Crippen LogP) is 6.82. The fourth-order valence-electron chi connectivity index (χ4n) is 6.91. The van der Waals surface area contributed by atoms with Crippen LogP contribution in [0.2, 0.25) is 0 Å². The number of rotatable bonds is 11. The van der Waals surface area contributed by atoms with Gasteiger partial charge in [0.25, 0.3) is 5.91 Å². The van der Waals surface area contributed by atoms with E-state index in [2.05, 4.69) is 22.0 Å². The van der Waals surface area contributed by atoms with Crippen molar-refractivity contribution in [3.05, 3.63) is 142 Å². The second kappa shape index (κ2) is 16.7. The van der Waals surface area contributed by atoms with Crippen molar-refractivity contribution in [3.8, 4) is 34.4 Å². The topological polar surface area (TPSA) is 148 Å². The number of fused-ring (bicyclic) bond motifs is 2. The minimum atomic E-state index is -4.58. The molecule has 2 heterocycles. The molecule has 0 bridgehead atoms. The molecule has 0 aliphatic carbocycles. The van der Waals surface area contributed by atoms with Crippen LogP contribution < -0.4 is 30.2 Å². The van der Waals surface area contributed by atoms with Crippen molar-refractivity contribution in [2.45, 2.75) is 50.4 Å². The number of halogens is 3. The number of amides is 2. The van der Waals surface area contributed by atoms with Crippen molar-refractivity contribution in [2.75, 3.05) is 19.5 Å². The van der Waals surface area contributed by atoms with Crippen LogP contribution in [-0.4, -0.2) is 44.1 Å². The number of hydrogen-bond donors (Lipinski definition) is 3. The summed E-state index contributed by atoms with van der Waals surface area (Å²) in [5, 5.41) is 18.0. The average molecular weight is 791 g/mol. The van der Waals surface area contributed by atoms with Crippen LogP contribution in [0.3, 0.4) is 0 Å². The maximum Gasteiger partial charge on any atom is 0.419 e. The number of hydrogen-bond acceptors (Lipinski definition) is 9. The Kier molecular flexibility index (Phi) is 11.3. The number of nitriles is 1.